The molecule has 1 amide bonds. The van der Waals surface area contributed by atoms with E-state index in [0.717, 1.165) is 17.4 Å². The molecule has 3 heterocycles. The van der Waals surface area contributed by atoms with Crippen LogP contribution in [0.1, 0.15) is 56.6 Å². The van der Waals surface area contributed by atoms with Gasteiger partial charge >= 0.3 is 5.97 Å². The molecule has 0 radical (unpaired) electrons. The number of likely N-dealkylation sites (tertiary alicyclic amines) is 1. The van der Waals surface area contributed by atoms with E-state index in [9.17, 15) is 18.8 Å². The zero-order valence-corrected chi connectivity index (χ0v) is 22.3. The quantitative estimate of drug-likeness (QED) is 0.306. The second-order valence-electron chi connectivity index (χ2n) is 9.72. The van der Waals surface area contributed by atoms with E-state index >= 15 is 0 Å². The van der Waals surface area contributed by atoms with E-state index < -0.39 is 11.5 Å². The lowest BCUT2D eigenvalue weighted by molar-refractivity contribution is 0.0687. The number of carboxylic acids is 1. The first-order chi connectivity index (χ1) is 19.2. The molecule has 40 heavy (non-hydrogen) atoms. The highest BCUT2D eigenvalue weighted by molar-refractivity contribution is 6.33. The molecule has 9 nitrogen and oxygen atoms in total. The lowest BCUT2D eigenvalue weighted by Crippen LogP contribution is -2.39. The van der Waals surface area contributed by atoms with Crippen LogP contribution in [0, 0.1) is 12.7 Å². The molecular weight excluding hydrogens is 539 g/mol. The van der Waals surface area contributed by atoms with Crippen molar-refractivity contribution in [3.8, 4) is 0 Å². The first kappa shape index (κ1) is 27.1. The predicted octanol–water partition coefficient (Wildman–Crippen LogP) is 5.45. The molecule has 0 bridgehead atoms. The molecule has 0 spiro atoms. The summed E-state index contributed by atoms with van der Waals surface area (Å²) in [7, 11) is 0. The summed E-state index contributed by atoms with van der Waals surface area (Å²) in [5.41, 5.74) is 2.31. The van der Waals surface area contributed by atoms with E-state index in [2.05, 4.69) is 10.3 Å². The monoisotopic (exact) mass is 564 g/mol. The second kappa shape index (κ2) is 11.4. The maximum absolute atomic E-state index is 13.8. The Morgan fingerprint density at radius 1 is 1.12 bits per heavy atom. The molecule has 2 N–H and O–H groups in total. The Kier molecular flexibility index (Phi) is 7.70. The van der Waals surface area contributed by atoms with Crippen molar-refractivity contribution in [1.82, 2.24) is 14.5 Å². The van der Waals surface area contributed by atoms with Crippen molar-refractivity contribution in [3.63, 3.8) is 0 Å². The molecule has 206 valence electrons. The summed E-state index contributed by atoms with van der Waals surface area (Å²) in [6, 6.07) is 13.1. The zero-order valence-electron chi connectivity index (χ0n) is 21.6. The topological polar surface area (TPSA) is 118 Å². The lowest BCUT2D eigenvalue weighted by atomic mass is 9.89. The third-order valence-corrected chi connectivity index (χ3v) is 7.28. The molecule has 2 aromatic heterocycles. The molecule has 0 saturated carbocycles. The van der Waals surface area contributed by atoms with Crippen LogP contribution in [0.2, 0.25) is 5.02 Å². The number of halogens is 2. The SMILES string of the molecule is Cc1ccc(Cl)c(Nc2cc(=O)n(Cc3nc(C(=O)O)co3)cc2C(=O)N2CCC(c3ccc(F)cc3)CC2)c1. The standard InChI is InChI=1S/C29H26ClFN4O5/c1-17-2-7-22(30)24(12-17)32-23-13-27(36)35(15-26-33-25(16-40-26)29(38)39)14-21(23)28(37)34-10-8-19(9-11-34)18-3-5-20(31)6-4-18/h2-7,12-14,16,19,32H,8-11,15H2,1H3,(H,38,39). The first-order valence-electron chi connectivity index (χ1n) is 12.7. The summed E-state index contributed by atoms with van der Waals surface area (Å²) in [5.74, 6) is -1.60. The number of hydrogen-bond acceptors (Lipinski definition) is 6. The highest BCUT2D eigenvalue weighted by Crippen LogP contribution is 2.31. The van der Waals surface area contributed by atoms with Gasteiger partial charge in [0.05, 0.1) is 22.0 Å². The summed E-state index contributed by atoms with van der Waals surface area (Å²) in [6.45, 7) is 2.70. The molecule has 1 fully saturated rings. The summed E-state index contributed by atoms with van der Waals surface area (Å²) < 4.78 is 19.8. The Labute approximate surface area is 233 Å². The fourth-order valence-corrected chi connectivity index (χ4v) is 4.96. The molecule has 1 aliphatic rings. The van der Waals surface area contributed by atoms with Crippen LogP contribution in [-0.4, -0.2) is 44.5 Å². The Bertz CT molecular complexity index is 1620. The van der Waals surface area contributed by atoms with Gasteiger partial charge in [0.1, 0.15) is 18.6 Å². The maximum Gasteiger partial charge on any atom is 0.357 e. The highest BCUT2D eigenvalue weighted by Gasteiger charge is 2.27. The van der Waals surface area contributed by atoms with Crippen LogP contribution in [0.5, 0.6) is 0 Å². The summed E-state index contributed by atoms with van der Waals surface area (Å²) in [6.07, 6.45) is 3.83. The molecule has 1 saturated heterocycles. The number of nitrogens with one attached hydrogen (secondary N) is 1. The van der Waals surface area contributed by atoms with Crippen molar-refractivity contribution in [1.29, 1.82) is 0 Å². The van der Waals surface area contributed by atoms with Crippen molar-refractivity contribution in [3.05, 3.63) is 110 Å². The number of amides is 1. The number of anilines is 2. The van der Waals surface area contributed by atoms with E-state index in [-0.39, 0.29) is 47.0 Å². The zero-order chi connectivity index (χ0) is 28.4. The number of nitrogens with zero attached hydrogens (tertiary/aromatic N) is 3. The number of hydrogen-bond donors (Lipinski definition) is 2. The van der Waals surface area contributed by atoms with E-state index in [1.54, 1.807) is 23.1 Å². The lowest BCUT2D eigenvalue weighted by Gasteiger charge is -2.33. The minimum atomic E-state index is -1.25. The van der Waals surface area contributed by atoms with Gasteiger partial charge in [-0.05, 0) is 61.1 Å². The minimum absolute atomic E-state index is 0.0143. The Morgan fingerprint density at radius 3 is 2.52 bits per heavy atom. The van der Waals surface area contributed by atoms with Gasteiger partial charge in [-0.1, -0.05) is 29.8 Å². The molecular formula is C29H26ClFN4O5. The molecule has 5 rings (SSSR count). The Morgan fingerprint density at radius 2 is 1.85 bits per heavy atom. The molecule has 4 aromatic rings. The fraction of sp³-hybridized carbons (Fsp3) is 0.241. The van der Waals surface area contributed by atoms with Crippen LogP contribution < -0.4 is 10.9 Å². The number of aromatic nitrogens is 2. The van der Waals surface area contributed by atoms with Crippen LogP contribution in [0.15, 0.2) is 70.2 Å². The van der Waals surface area contributed by atoms with E-state index in [1.807, 2.05) is 19.1 Å². The molecule has 11 heteroatoms. The van der Waals surface area contributed by atoms with E-state index in [1.165, 1.54) is 29.0 Å². The maximum atomic E-state index is 13.8. The van der Waals surface area contributed by atoms with Crippen LogP contribution in [0.3, 0.4) is 0 Å². The number of carbonyl (C=O) groups excluding carboxylic acids is 1. The number of carboxylic acid groups (broad SMARTS) is 1. The predicted molar refractivity (Wildman–Crippen MR) is 147 cm³/mol. The van der Waals surface area contributed by atoms with Gasteiger partial charge in [0.15, 0.2) is 5.69 Å². The molecule has 2 aromatic carbocycles. The average molecular weight is 565 g/mol. The number of piperidine rings is 1. The van der Waals surface area contributed by atoms with Crippen LogP contribution in [0.25, 0.3) is 0 Å². The number of oxazole rings is 1. The van der Waals surface area contributed by atoms with Gasteiger partial charge in [-0.15, -0.1) is 0 Å². The minimum Gasteiger partial charge on any atom is -0.476 e. The van der Waals surface area contributed by atoms with Crippen LogP contribution in [0.4, 0.5) is 15.8 Å². The number of rotatable bonds is 7. The molecule has 0 unspecified atom stereocenters. The molecule has 0 aliphatic carbocycles. The second-order valence-corrected chi connectivity index (χ2v) is 10.1. The van der Waals surface area contributed by atoms with E-state index in [4.69, 9.17) is 21.1 Å². The van der Waals surface area contributed by atoms with Crippen molar-refractivity contribution < 1.29 is 23.5 Å². The van der Waals surface area contributed by atoms with Crippen molar-refractivity contribution in [2.45, 2.75) is 32.2 Å². The van der Waals surface area contributed by atoms with Crippen LogP contribution in [-0.2, 0) is 6.54 Å². The summed E-state index contributed by atoms with van der Waals surface area (Å²) in [5, 5.41) is 12.7. The van der Waals surface area contributed by atoms with E-state index in [0.29, 0.717) is 36.6 Å². The number of carbonyl (C=O) groups is 2. The third kappa shape index (κ3) is 5.91. The number of aromatic carboxylic acids is 1. The molecule has 0 atom stereocenters. The van der Waals surface area contributed by atoms with Crippen molar-refractivity contribution in [2.24, 2.45) is 0 Å². The van der Waals surface area contributed by atoms with Gasteiger partial charge in [0, 0.05) is 25.4 Å². The van der Waals surface area contributed by atoms with Crippen molar-refractivity contribution >= 4 is 34.9 Å². The third-order valence-electron chi connectivity index (χ3n) is 6.95. The number of pyridine rings is 1. The van der Waals surface area contributed by atoms with Gasteiger partial charge in [-0.2, -0.15) is 0 Å². The fourth-order valence-electron chi connectivity index (χ4n) is 4.80. The smallest absolute Gasteiger partial charge is 0.357 e. The van der Waals surface area contributed by atoms with Gasteiger partial charge in [-0.25, -0.2) is 14.2 Å². The van der Waals surface area contributed by atoms with Gasteiger partial charge < -0.3 is 24.3 Å². The van der Waals surface area contributed by atoms with Crippen molar-refractivity contribution in [2.75, 3.05) is 18.4 Å². The van der Waals surface area contributed by atoms with Gasteiger partial charge in [0.2, 0.25) is 5.89 Å². The van der Waals surface area contributed by atoms with Gasteiger partial charge in [-0.3, -0.25) is 9.59 Å². The first-order valence-corrected chi connectivity index (χ1v) is 13.1. The molecule has 1 aliphatic heterocycles. The number of benzene rings is 2. The largest absolute Gasteiger partial charge is 0.476 e. The average Bonchev–Trinajstić information content (AvgIpc) is 3.41. The summed E-state index contributed by atoms with van der Waals surface area (Å²) >= 11 is 6.38. The highest BCUT2D eigenvalue weighted by atomic mass is 35.5. The Hall–Kier alpha value is -4.44. The van der Waals surface area contributed by atoms with Crippen LogP contribution >= 0.6 is 11.6 Å². The summed E-state index contributed by atoms with van der Waals surface area (Å²) in [4.78, 5) is 43.7. The number of aryl methyl sites for hydroxylation is 1. The van der Waals surface area contributed by atoms with Gasteiger partial charge in [0.25, 0.3) is 11.5 Å². The normalized spacial score (nSPS) is 13.8. The Balaban J connectivity index is 1.44.